The highest BCUT2D eigenvalue weighted by Gasteiger charge is 1.90. The van der Waals surface area contributed by atoms with Crippen LogP contribution < -0.4 is 0 Å². The molecule has 0 unspecified atom stereocenters. The highest BCUT2D eigenvalue weighted by atomic mass is 35.5. The molecule has 68 valence electrons. The van der Waals surface area contributed by atoms with Gasteiger partial charge in [0.05, 0.1) is 0 Å². The molecule has 0 bridgehead atoms. The lowest BCUT2D eigenvalue weighted by Crippen LogP contribution is -2.15. The molecule has 11 heavy (non-hydrogen) atoms. The SMILES string of the molecule is CCC(C)=CN(CC)CC.Cl. The van der Waals surface area contributed by atoms with Crippen molar-refractivity contribution in [2.75, 3.05) is 13.1 Å². The van der Waals surface area contributed by atoms with E-state index in [4.69, 9.17) is 0 Å². The molecule has 0 aromatic rings. The van der Waals surface area contributed by atoms with Gasteiger partial charge >= 0.3 is 0 Å². The number of halogens is 1. The van der Waals surface area contributed by atoms with E-state index >= 15 is 0 Å². The van der Waals surface area contributed by atoms with Gasteiger partial charge in [-0.3, -0.25) is 0 Å². The van der Waals surface area contributed by atoms with Gasteiger partial charge < -0.3 is 4.90 Å². The van der Waals surface area contributed by atoms with Crippen LogP contribution in [0.3, 0.4) is 0 Å². The Labute approximate surface area is 76.9 Å². The minimum atomic E-state index is 0. The predicted molar refractivity (Wildman–Crippen MR) is 54.2 cm³/mol. The number of rotatable bonds is 4. The van der Waals surface area contributed by atoms with Crippen molar-refractivity contribution in [1.82, 2.24) is 4.90 Å². The normalized spacial score (nSPS) is 10.7. The minimum Gasteiger partial charge on any atom is -0.378 e. The third-order valence-electron chi connectivity index (χ3n) is 1.77. The molecule has 0 rings (SSSR count). The average molecular weight is 178 g/mol. The molecule has 0 spiro atoms. The summed E-state index contributed by atoms with van der Waals surface area (Å²) >= 11 is 0. The molecule has 0 aliphatic rings. The Morgan fingerprint density at radius 1 is 1.18 bits per heavy atom. The third-order valence-corrected chi connectivity index (χ3v) is 1.77. The monoisotopic (exact) mass is 177 g/mol. The Balaban J connectivity index is 0. The lowest BCUT2D eigenvalue weighted by molar-refractivity contribution is 0.414. The van der Waals surface area contributed by atoms with Crippen molar-refractivity contribution < 1.29 is 0 Å². The zero-order valence-corrected chi connectivity index (χ0v) is 8.87. The summed E-state index contributed by atoms with van der Waals surface area (Å²) in [5.74, 6) is 0. The molecule has 0 saturated carbocycles. The van der Waals surface area contributed by atoms with Crippen LogP contribution in [0.2, 0.25) is 0 Å². The molecular formula is C9H20ClN. The lowest BCUT2D eigenvalue weighted by atomic mass is 10.2. The largest absolute Gasteiger partial charge is 0.378 e. The van der Waals surface area contributed by atoms with E-state index in [1.165, 1.54) is 5.57 Å². The summed E-state index contributed by atoms with van der Waals surface area (Å²) in [4.78, 5) is 2.32. The second-order valence-electron chi connectivity index (χ2n) is 2.55. The summed E-state index contributed by atoms with van der Waals surface area (Å²) < 4.78 is 0. The third kappa shape index (κ3) is 6.24. The van der Waals surface area contributed by atoms with Crippen molar-refractivity contribution >= 4 is 12.4 Å². The Hall–Kier alpha value is -0.170. The van der Waals surface area contributed by atoms with Gasteiger partial charge in [-0.05, 0) is 33.4 Å². The van der Waals surface area contributed by atoms with E-state index in [1.54, 1.807) is 0 Å². The Morgan fingerprint density at radius 3 is 1.91 bits per heavy atom. The van der Waals surface area contributed by atoms with Crippen LogP contribution in [0.1, 0.15) is 34.1 Å². The molecule has 0 saturated heterocycles. The van der Waals surface area contributed by atoms with Crippen molar-refractivity contribution in [3.05, 3.63) is 11.8 Å². The summed E-state index contributed by atoms with van der Waals surface area (Å²) in [5, 5.41) is 0. The fourth-order valence-corrected chi connectivity index (χ4v) is 0.809. The first kappa shape index (κ1) is 13.4. The molecule has 1 nitrogen and oxygen atoms in total. The molecule has 0 amide bonds. The van der Waals surface area contributed by atoms with E-state index in [-0.39, 0.29) is 12.4 Å². The molecular weight excluding hydrogens is 158 g/mol. The van der Waals surface area contributed by atoms with Gasteiger partial charge in [0.25, 0.3) is 0 Å². The first-order chi connectivity index (χ1) is 4.74. The lowest BCUT2D eigenvalue weighted by Gasteiger charge is -2.16. The second-order valence-corrected chi connectivity index (χ2v) is 2.55. The van der Waals surface area contributed by atoms with Crippen LogP contribution in [0.15, 0.2) is 11.8 Å². The predicted octanol–water partition coefficient (Wildman–Crippen LogP) is 3.06. The maximum Gasteiger partial charge on any atom is 0.0143 e. The molecule has 0 heterocycles. The molecule has 0 aliphatic carbocycles. The zero-order valence-electron chi connectivity index (χ0n) is 8.05. The highest BCUT2D eigenvalue weighted by Crippen LogP contribution is 2.00. The maximum atomic E-state index is 2.32. The summed E-state index contributed by atoms with van der Waals surface area (Å²) in [6, 6.07) is 0. The van der Waals surface area contributed by atoms with Crippen molar-refractivity contribution in [3.8, 4) is 0 Å². The Bertz CT molecular complexity index is 106. The van der Waals surface area contributed by atoms with Gasteiger partial charge in [-0.1, -0.05) is 12.5 Å². The van der Waals surface area contributed by atoms with Crippen LogP contribution in [0.4, 0.5) is 0 Å². The standard InChI is InChI=1S/C9H19N.ClH/c1-5-9(4)8-10(6-2)7-3;/h8H,5-7H2,1-4H3;1H. The minimum absolute atomic E-state index is 0. The fraction of sp³-hybridized carbons (Fsp3) is 0.778. The molecule has 0 aromatic carbocycles. The summed E-state index contributed by atoms with van der Waals surface area (Å²) in [6.07, 6.45) is 3.41. The Kier molecular flexibility index (Phi) is 9.68. The molecule has 0 fully saturated rings. The van der Waals surface area contributed by atoms with Crippen LogP contribution in [0.5, 0.6) is 0 Å². The van der Waals surface area contributed by atoms with Crippen LogP contribution in [-0.4, -0.2) is 18.0 Å². The van der Waals surface area contributed by atoms with Gasteiger partial charge in [-0.2, -0.15) is 0 Å². The topological polar surface area (TPSA) is 3.24 Å². The van der Waals surface area contributed by atoms with Crippen molar-refractivity contribution in [3.63, 3.8) is 0 Å². The zero-order chi connectivity index (χ0) is 7.98. The van der Waals surface area contributed by atoms with Crippen molar-refractivity contribution in [2.24, 2.45) is 0 Å². The van der Waals surface area contributed by atoms with E-state index in [1.807, 2.05) is 0 Å². The summed E-state index contributed by atoms with van der Waals surface area (Å²) in [7, 11) is 0. The smallest absolute Gasteiger partial charge is 0.0143 e. The molecule has 0 radical (unpaired) electrons. The molecule has 0 atom stereocenters. The van der Waals surface area contributed by atoms with Crippen LogP contribution in [0, 0.1) is 0 Å². The van der Waals surface area contributed by atoms with E-state index < -0.39 is 0 Å². The van der Waals surface area contributed by atoms with E-state index in [9.17, 15) is 0 Å². The molecule has 0 aromatic heterocycles. The number of nitrogens with zero attached hydrogens (tertiary/aromatic N) is 1. The molecule has 2 heteroatoms. The van der Waals surface area contributed by atoms with Gasteiger partial charge in [-0.25, -0.2) is 0 Å². The van der Waals surface area contributed by atoms with E-state index in [0.717, 1.165) is 19.5 Å². The number of hydrogen-bond acceptors (Lipinski definition) is 1. The van der Waals surface area contributed by atoms with E-state index in [0.29, 0.717) is 0 Å². The first-order valence-corrected chi connectivity index (χ1v) is 4.15. The van der Waals surface area contributed by atoms with Crippen LogP contribution in [0.25, 0.3) is 0 Å². The average Bonchev–Trinajstić information content (AvgIpc) is 1.99. The fourth-order valence-electron chi connectivity index (χ4n) is 0.809. The number of allylic oxidation sites excluding steroid dienone is 1. The highest BCUT2D eigenvalue weighted by molar-refractivity contribution is 5.85. The van der Waals surface area contributed by atoms with Crippen LogP contribution >= 0.6 is 12.4 Å². The van der Waals surface area contributed by atoms with Crippen LogP contribution in [-0.2, 0) is 0 Å². The first-order valence-electron chi connectivity index (χ1n) is 4.15. The summed E-state index contributed by atoms with van der Waals surface area (Å²) in [5.41, 5.74) is 1.46. The van der Waals surface area contributed by atoms with Gasteiger partial charge in [0, 0.05) is 13.1 Å². The second kappa shape index (κ2) is 7.93. The van der Waals surface area contributed by atoms with Gasteiger partial charge in [0.2, 0.25) is 0 Å². The van der Waals surface area contributed by atoms with Crippen molar-refractivity contribution in [2.45, 2.75) is 34.1 Å². The van der Waals surface area contributed by atoms with Gasteiger partial charge in [0.1, 0.15) is 0 Å². The Morgan fingerprint density at radius 2 is 1.64 bits per heavy atom. The molecule has 0 aliphatic heterocycles. The van der Waals surface area contributed by atoms with Gasteiger partial charge in [-0.15, -0.1) is 12.4 Å². The maximum absolute atomic E-state index is 2.32. The van der Waals surface area contributed by atoms with E-state index in [2.05, 4.69) is 38.8 Å². The van der Waals surface area contributed by atoms with Crippen molar-refractivity contribution in [1.29, 1.82) is 0 Å². The molecule has 0 N–H and O–H groups in total. The number of hydrogen-bond donors (Lipinski definition) is 0. The quantitative estimate of drug-likeness (QED) is 0.638. The van der Waals surface area contributed by atoms with Gasteiger partial charge in [0.15, 0.2) is 0 Å². The summed E-state index contributed by atoms with van der Waals surface area (Å²) in [6.45, 7) is 11.0.